The molecule has 0 aliphatic rings. The number of aromatic nitrogens is 2. The minimum Gasteiger partial charge on any atom is -0.493 e. The number of aryl methyl sites for hydroxylation is 1. The Bertz CT molecular complexity index is 653. The number of ether oxygens (including phenoxy) is 2. The molecule has 1 aromatic heterocycles. The number of imidazole rings is 1. The smallest absolute Gasteiger partial charge is 0.278 e. The van der Waals surface area contributed by atoms with Gasteiger partial charge in [0.1, 0.15) is 12.4 Å². The number of aliphatic hydroxyl groups excluding tert-OH is 1. The fourth-order valence-electron chi connectivity index (χ4n) is 1.84. The van der Waals surface area contributed by atoms with Crippen molar-refractivity contribution in [2.45, 2.75) is 13.2 Å². The highest BCUT2D eigenvalue weighted by atomic mass is 16.6. The van der Waals surface area contributed by atoms with E-state index in [0.29, 0.717) is 11.6 Å². The molecule has 0 bridgehead atoms. The van der Waals surface area contributed by atoms with E-state index in [1.54, 1.807) is 17.0 Å². The molecule has 0 aliphatic carbocycles. The lowest BCUT2D eigenvalue weighted by Crippen LogP contribution is -2.05. The minimum atomic E-state index is -0.571. The molecule has 8 heteroatoms. The lowest BCUT2D eigenvalue weighted by atomic mass is 10.1. The zero-order valence-corrected chi connectivity index (χ0v) is 11.6. The van der Waals surface area contributed by atoms with Crippen LogP contribution in [-0.2, 0) is 20.3 Å². The van der Waals surface area contributed by atoms with Gasteiger partial charge in [0.05, 0.1) is 30.3 Å². The van der Waals surface area contributed by atoms with Crippen molar-refractivity contribution in [3.8, 4) is 11.5 Å². The van der Waals surface area contributed by atoms with Gasteiger partial charge in [-0.1, -0.05) is 0 Å². The zero-order valence-electron chi connectivity index (χ0n) is 11.6. The van der Waals surface area contributed by atoms with Gasteiger partial charge in [-0.05, 0) is 6.07 Å². The summed E-state index contributed by atoms with van der Waals surface area (Å²) in [6.45, 7) is -0.304. The van der Waals surface area contributed by atoms with E-state index in [1.165, 1.54) is 19.2 Å². The quantitative estimate of drug-likeness (QED) is 0.638. The first-order valence-corrected chi connectivity index (χ1v) is 6.12. The Balaban J connectivity index is 2.31. The summed E-state index contributed by atoms with van der Waals surface area (Å²) in [7, 11) is 3.25. The predicted molar refractivity (Wildman–Crippen MR) is 73.1 cm³/mol. The second kappa shape index (κ2) is 6.23. The van der Waals surface area contributed by atoms with Gasteiger partial charge >= 0.3 is 0 Å². The maximum Gasteiger partial charge on any atom is 0.278 e. The number of nitrogens with zero attached hydrogens (tertiary/aromatic N) is 3. The van der Waals surface area contributed by atoms with Gasteiger partial charge in [0.25, 0.3) is 5.69 Å². The van der Waals surface area contributed by atoms with Crippen LogP contribution in [0.2, 0.25) is 0 Å². The number of nitro groups is 1. The average molecular weight is 293 g/mol. The molecule has 1 heterocycles. The fraction of sp³-hybridized carbons (Fsp3) is 0.308. The predicted octanol–water partition coefficient (Wildman–Crippen LogP) is 1.41. The van der Waals surface area contributed by atoms with Gasteiger partial charge in [0, 0.05) is 19.4 Å². The van der Waals surface area contributed by atoms with E-state index < -0.39 is 11.5 Å². The molecule has 8 nitrogen and oxygen atoms in total. The highest BCUT2D eigenvalue weighted by Gasteiger charge is 2.19. The summed E-state index contributed by atoms with van der Waals surface area (Å²) < 4.78 is 12.5. The van der Waals surface area contributed by atoms with Gasteiger partial charge < -0.3 is 19.1 Å². The van der Waals surface area contributed by atoms with Gasteiger partial charge in [-0.3, -0.25) is 10.1 Å². The Kier molecular flexibility index (Phi) is 4.39. The second-order valence-electron chi connectivity index (χ2n) is 4.29. The number of benzene rings is 1. The summed E-state index contributed by atoms with van der Waals surface area (Å²) >= 11 is 0. The molecule has 0 saturated heterocycles. The van der Waals surface area contributed by atoms with Crippen LogP contribution in [0.4, 0.5) is 5.69 Å². The SMILES string of the molecule is COc1cc(CO)c([N+](=O)[O-])cc1OCc1nccn1C. The Labute approximate surface area is 120 Å². The summed E-state index contributed by atoms with van der Waals surface area (Å²) in [5, 5.41) is 20.2. The maximum absolute atomic E-state index is 11.0. The molecule has 0 amide bonds. The molecular weight excluding hydrogens is 278 g/mol. The highest BCUT2D eigenvalue weighted by Crippen LogP contribution is 2.35. The van der Waals surface area contributed by atoms with E-state index in [4.69, 9.17) is 9.47 Å². The van der Waals surface area contributed by atoms with Crippen molar-refractivity contribution in [2.75, 3.05) is 7.11 Å². The van der Waals surface area contributed by atoms with Crippen LogP contribution in [-0.4, -0.2) is 26.7 Å². The van der Waals surface area contributed by atoms with Crippen LogP contribution in [0.5, 0.6) is 11.5 Å². The van der Waals surface area contributed by atoms with Gasteiger partial charge in [-0.15, -0.1) is 0 Å². The van der Waals surface area contributed by atoms with Gasteiger partial charge in [0.2, 0.25) is 0 Å². The molecule has 0 saturated carbocycles. The third kappa shape index (κ3) is 3.11. The van der Waals surface area contributed by atoms with Crippen LogP contribution in [0.1, 0.15) is 11.4 Å². The standard InChI is InChI=1S/C13H15N3O5/c1-15-4-3-14-13(15)8-21-12-6-10(16(18)19)9(7-17)5-11(12)20-2/h3-6,17H,7-8H2,1-2H3. The fourth-order valence-corrected chi connectivity index (χ4v) is 1.84. The monoisotopic (exact) mass is 293 g/mol. The van der Waals surface area contributed by atoms with E-state index in [0.717, 1.165) is 0 Å². The van der Waals surface area contributed by atoms with E-state index in [1.807, 2.05) is 7.05 Å². The van der Waals surface area contributed by atoms with Crippen LogP contribution in [0.15, 0.2) is 24.5 Å². The molecule has 0 spiro atoms. The summed E-state index contributed by atoms with van der Waals surface area (Å²) in [4.78, 5) is 14.5. The number of rotatable bonds is 6. The van der Waals surface area contributed by atoms with Crippen molar-refractivity contribution in [3.05, 3.63) is 46.0 Å². The number of hydrogen-bond donors (Lipinski definition) is 1. The van der Waals surface area contributed by atoms with Crippen LogP contribution >= 0.6 is 0 Å². The van der Waals surface area contributed by atoms with Crippen LogP contribution < -0.4 is 9.47 Å². The molecule has 1 N–H and O–H groups in total. The van der Waals surface area contributed by atoms with Crippen molar-refractivity contribution in [1.82, 2.24) is 9.55 Å². The number of methoxy groups -OCH3 is 1. The van der Waals surface area contributed by atoms with Gasteiger partial charge in [-0.2, -0.15) is 0 Å². The summed E-state index contributed by atoms with van der Waals surface area (Å²) in [5.41, 5.74) is -0.0469. The lowest BCUT2D eigenvalue weighted by molar-refractivity contribution is -0.386. The largest absolute Gasteiger partial charge is 0.493 e. The molecular formula is C13H15N3O5. The highest BCUT2D eigenvalue weighted by molar-refractivity contribution is 5.54. The first-order chi connectivity index (χ1) is 10.1. The molecule has 1 aromatic carbocycles. The van der Waals surface area contributed by atoms with Crippen molar-refractivity contribution < 1.29 is 19.5 Å². The number of hydrogen-bond acceptors (Lipinski definition) is 6. The van der Waals surface area contributed by atoms with E-state index in [9.17, 15) is 15.2 Å². The van der Waals surface area contributed by atoms with E-state index in [2.05, 4.69) is 4.98 Å². The molecule has 0 radical (unpaired) electrons. The maximum atomic E-state index is 11.0. The van der Waals surface area contributed by atoms with Crippen molar-refractivity contribution >= 4 is 5.69 Å². The molecule has 21 heavy (non-hydrogen) atoms. The summed E-state index contributed by atoms with van der Waals surface area (Å²) in [6, 6.07) is 2.64. The summed E-state index contributed by atoms with van der Waals surface area (Å²) in [6.07, 6.45) is 3.40. The minimum absolute atomic E-state index is 0.148. The Morgan fingerprint density at radius 1 is 1.43 bits per heavy atom. The average Bonchev–Trinajstić information content (AvgIpc) is 2.89. The topological polar surface area (TPSA) is 99.7 Å². The summed E-state index contributed by atoms with van der Waals surface area (Å²) in [5.74, 6) is 1.22. The van der Waals surface area contributed by atoms with Crippen LogP contribution in [0.3, 0.4) is 0 Å². The normalized spacial score (nSPS) is 10.4. The Morgan fingerprint density at radius 3 is 2.71 bits per heavy atom. The van der Waals surface area contributed by atoms with E-state index in [-0.39, 0.29) is 23.6 Å². The van der Waals surface area contributed by atoms with Crippen molar-refractivity contribution in [1.29, 1.82) is 0 Å². The molecule has 0 aliphatic heterocycles. The third-order valence-corrected chi connectivity index (χ3v) is 3.01. The number of nitro benzene ring substituents is 1. The second-order valence-corrected chi connectivity index (χ2v) is 4.29. The molecule has 0 unspecified atom stereocenters. The zero-order chi connectivity index (χ0) is 15.4. The molecule has 0 atom stereocenters. The van der Waals surface area contributed by atoms with E-state index >= 15 is 0 Å². The molecule has 2 rings (SSSR count). The van der Waals surface area contributed by atoms with Crippen molar-refractivity contribution in [3.63, 3.8) is 0 Å². The molecule has 2 aromatic rings. The van der Waals surface area contributed by atoms with Gasteiger partial charge in [0.15, 0.2) is 11.5 Å². The van der Waals surface area contributed by atoms with Crippen LogP contribution in [0.25, 0.3) is 0 Å². The van der Waals surface area contributed by atoms with Crippen molar-refractivity contribution in [2.24, 2.45) is 7.05 Å². The molecule has 0 fully saturated rings. The van der Waals surface area contributed by atoms with Crippen LogP contribution in [0, 0.1) is 10.1 Å². The first kappa shape index (κ1) is 14.8. The van der Waals surface area contributed by atoms with Gasteiger partial charge in [-0.25, -0.2) is 4.98 Å². The Hall–Kier alpha value is -2.61. The molecule has 112 valence electrons. The Morgan fingerprint density at radius 2 is 2.19 bits per heavy atom. The third-order valence-electron chi connectivity index (χ3n) is 3.01. The lowest BCUT2D eigenvalue weighted by Gasteiger charge is -2.12. The first-order valence-electron chi connectivity index (χ1n) is 6.12. The number of aliphatic hydroxyl groups is 1.